The van der Waals surface area contributed by atoms with Crippen molar-refractivity contribution >= 4 is 5.91 Å². The minimum atomic E-state index is 0.0491. The maximum atomic E-state index is 12.3. The van der Waals surface area contributed by atoms with Gasteiger partial charge in [-0.15, -0.1) is 0 Å². The zero-order chi connectivity index (χ0) is 21.7. The highest BCUT2D eigenvalue weighted by Crippen LogP contribution is 2.32. The zero-order valence-electron chi connectivity index (χ0n) is 18.5. The molecular formula is C25H31N3O2. The molecule has 0 aliphatic heterocycles. The number of ether oxygens (including phenoxy) is 1. The van der Waals surface area contributed by atoms with Gasteiger partial charge in [0.25, 0.3) is 0 Å². The number of nitrogens with zero attached hydrogens (tertiary/aromatic N) is 2. The van der Waals surface area contributed by atoms with Crippen LogP contribution in [0.2, 0.25) is 0 Å². The summed E-state index contributed by atoms with van der Waals surface area (Å²) < 4.78 is 8.18. The van der Waals surface area contributed by atoms with Gasteiger partial charge in [0, 0.05) is 18.5 Å². The maximum absolute atomic E-state index is 12.3. The number of carbonyl (C=O) groups is 1. The van der Waals surface area contributed by atoms with E-state index in [-0.39, 0.29) is 5.91 Å². The summed E-state index contributed by atoms with van der Waals surface area (Å²) in [4.78, 5) is 12.3. The highest BCUT2D eigenvalue weighted by Gasteiger charge is 2.20. The maximum Gasteiger partial charge on any atom is 0.226 e. The van der Waals surface area contributed by atoms with Crippen LogP contribution in [0.4, 0.5) is 0 Å². The fourth-order valence-electron chi connectivity index (χ4n) is 3.26. The lowest BCUT2D eigenvalue weighted by Gasteiger charge is -2.13. The molecule has 0 saturated heterocycles. The third-order valence-electron chi connectivity index (χ3n) is 5.03. The van der Waals surface area contributed by atoms with Gasteiger partial charge in [-0.25, -0.2) is 0 Å². The van der Waals surface area contributed by atoms with E-state index in [1.165, 1.54) is 5.56 Å². The van der Waals surface area contributed by atoms with Gasteiger partial charge in [0.05, 0.1) is 11.4 Å². The zero-order valence-corrected chi connectivity index (χ0v) is 18.5. The second kappa shape index (κ2) is 9.61. The molecule has 2 aromatic carbocycles. The monoisotopic (exact) mass is 405 g/mol. The van der Waals surface area contributed by atoms with E-state index in [1.807, 2.05) is 61.0 Å². The van der Waals surface area contributed by atoms with Crippen LogP contribution in [-0.2, 0) is 11.2 Å². The van der Waals surface area contributed by atoms with E-state index in [4.69, 9.17) is 9.84 Å². The van der Waals surface area contributed by atoms with Crippen LogP contribution in [0.5, 0.6) is 11.6 Å². The number of aryl methyl sites for hydroxylation is 3. The summed E-state index contributed by atoms with van der Waals surface area (Å²) in [6.07, 6.45) is 0.972. The van der Waals surface area contributed by atoms with E-state index < -0.39 is 0 Å². The van der Waals surface area contributed by atoms with E-state index in [2.05, 4.69) is 32.2 Å². The highest BCUT2D eigenvalue weighted by molar-refractivity contribution is 5.76. The lowest BCUT2D eigenvalue weighted by molar-refractivity contribution is -0.121. The topological polar surface area (TPSA) is 56.1 Å². The Morgan fingerprint density at radius 1 is 1.07 bits per heavy atom. The fourth-order valence-corrected chi connectivity index (χ4v) is 3.26. The molecule has 0 bridgehead atoms. The van der Waals surface area contributed by atoms with Crippen molar-refractivity contribution < 1.29 is 9.53 Å². The average Bonchev–Trinajstić information content (AvgIpc) is 3.01. The molecule has 3 aromatic rings. The average molecular weight is 406 g/mol. The second-order valence-corrected chi connectivity index (χ2v) is 8.18. The summed E-state index contributed by atoms with van der Waals surface area (Å²) in [6.45, 7) is 10.9. The molecule has 1 N–H and O–H groups in total. The van der Waals surface area contributed by atoms with Crippen molar-refractivity contribution in [3.63, 3.8) is 0 Å². The molecule has 3 rings (SSSR count). The van der Waals surface area contributed by atoms with Crippen LogP contribution in [0.3, 0.4) is 0 Å². The van der Waals surface area contributed by atoms with Gasteiger partial charge in [-0.1, -0.05) is 49.7 Å². The summed E-state index contributed by atoms with van der Waals surface area (Å²) in [5.41, 5.74) is 5.08. The predicted molar refractivity (Wildman–Crippen MR) is 120 cm³/mol. The molecule has 1 heterocycles. The van der Waals surface area contributed by atoms with E-state index in [0.717, 1.165) is 28.3 Å². The van der Waals surface area contributed by atoms with Crippen molar-refractivity contribution in [2.24, 2.45) is 5.92 Å². The number of hydrogen-bond donors (Lipinski definition) is 1. The molecule has 1 amide bonds. The lowest BCUT2D eigenvalue weighted by atomic mass is 10.1. The summed E-state index contributed by atoms with van der Waals surface area (Å²) in [7, 11) is 0. The first-order valence-electron chi connectivity index (χ1n) is 10.5. The molecule has 5 heteroatoms. The SMILES string of the molecule is Cc1ccc(Oc2c(CCC(=O)NCC(C)C)c(C)nn2-c2ccccc2C)cc1. The minimum absolute atomic E-state index is 0.0491. The Morgan fingerprint density at radius 3 is 2.43 bits per heavy atom. The molecular weight excluding hydrogens is 374 g/mol. The number of aromatic nitrogens is 2. The normalized spacial score (nSPS) is 11.0. The lowest BCUT2D eigenvalue weighted by Crippen LogP contribution is -2.27. The second-order valence-electron chi connectivity index (χ2n) is 8.18. The Balaban J connectivity index is 1.93. The van der Waals surface area contributed by atoms with E-state index in [9.17, 15) is 4.79 Å². The number of amides is 1. The number of benzene rings is 2. The highest BCUT2D eigenvalue weighted by atomic mass is 16.5. The van der Waals surface area contributed by atoms with Gasteiger partial charge in [-0.3, -0.25) is 4.79 Å². The standard InChI is InChI=1S/C25H31N3O2/c1-17(2)16-26-24(29)15-14-22-20(5)27-28(23-9-7-6-8-19(23)4)25(22)30-21-12-10-18(3)11-13-21/h6-13,17H,14-16H2,1-5H3,(H,26,29). The van der Waals surface area contributed by atoms with Gasteiger partial charge in [0.15, 0.2) is 0 Å². The Morgan fingerprint density at radius 2 is 1.77 bits per heavy atom. The summed E-state index contributed by atoms with van der Waals surface area (Å²) in [6, 6.07) is 16.1. The molecule has 0 atom stereocenters. The van der Waals surface area contributed by atoms with Gasteiger partial charge in [-0.05, 0) is 56.9 Å². The largest absolute Gasteiger partial charge is 0.439 e. The van der Waals surface area contributed by atoms with Crippen LogP contribution in [0.15, 0.2) is 48.5 Å². The van der Waals surface area contributed by atoms with Crippen molar-refractivity contribution in [1.82, 2.24) is 15.1 Å². The summed E-state index contributed by atoms with van der Waals surface area (Å²) >= 11 is 0. The van der Waals surface area contributed by atoms with Crippen LogP contribution in [-0.4, -0.2) is 22.2 Å². The van der Waals surface area contributed by atoms with Crippen LogP contribution >= 0.6 is 0 Å². The van der Waals surface area contributed by atoms with Crippen LogP contribution < -0.4 is 10.1 Å². The van der Waals surface area contributed by atoms with E-state index in [1.54, 1.807) is 0 Å². The molecule has 1 aromatic heterocycles. The van der Waals surface area contributed by atoms with Crippen LogP contribution in [0.25, 0.3) is 5.69 Å². The third-order valence-corrected chi connectivity index (χ3v) is 5.03. The van der Waals surface area contributed by atoms with Crippen LogP contribution in [0.1, 0.15) is 42.7 Å². The van der Waals surface area contributed by atoms with E-state index >= 15 is 0 Å². The van der Waals surface area contributed by atoms with Crippen molar-refractivity contribution in [2.45, 2.75) is 47.5 Å². The molecule has 0 unspecified atom stereocenters. The fraction of sp³-hybridized carbons (Fsp3) is 0.360. The van der Waals surface area contributed by atoms with E-state index in [0.29, 0.717) is 31.2 Å². The minimum Gasteiger partial charge on any atom is -0.439 e. The Bertz CT molecular complexity index is 1000. The number of nitrogens with one attached hydrogen (secondary N) is 1. The predicted octanol–water partition coefficient (Wildman–Crippen LogP) is 5.29. The Hall–Kier alpha value is -3.08. The van der Waals surface area contributed by atoms with Gasteiger partial charge in [-0.2, -0.15) is 9.78 Å². The first-order chi connectivity index (χ1) is 14.3. The third kappa shape index (κ3) is 5.29. The molecule has 158 valence electrons. The first-order valence-corrected chi connectivity index (χ1v) is 10.5. The van der Waals surface area contributed by atoms with Crippen LogP contribution in [0, 0.1) is 26.7 Å². The summed E-state index contributed by atoms with van der Waals surface area (Å²) in [5.74, 6) is 1.90. The van der Waals surface area contributed by atoms with Crippen molar-refractivity contribution in [3.05, 3.63) is 70.9 Å². The summed E-state index contributed by atoms with van der Waals surface area (Å²) in [5, 5.41) is 7.76. The molecule has 30 heavy (non-hydrogen) atoms. The number of rotatable bonds is 8. The smallest absolute Gasteiger partial charge is 0.226 e. The Kier molecular flexibility index (Phi) is 6.93. The molecule has 0 fully saturated rings. The molecule has 0 aliphatic carbocycles. The number of carbonyl (C=O) groups excluding carboxylic acids is 1. The van der Waals surface area contributed by atoms with Gasteiger partial charge < -0.3 is 10.1 Å². The van der Waals surface area contributed by atoms with Gasteiger partial charge in [0.2, 0.25) is 11.8 Å². The quantitative estimate of drug-likeness (QED) is 0.554. The van der Waals surface area contributed by atoms with Gasteiger partial charge >= 0.3 is 0 Å². The molecule has 0 radical (unpaired) electrons. The van der Waals surface area contributed by atoms with Crippen molar-refractivity contribution in [2.75, 3.05) is 6.54 Å². The number of hydrogen-bond acceptors (Lipinski definition) is 3. The van der Waals surface area contributed by atoms with Gasteiger partial charge in [0.1, 0.15) is 5.75 Å². The van der Waals surface area contributed by atoms with Crippen molar-refractivity contribution in [3.8, 4) is 17.3 Å². The number of para-hydroxylation sites is 1. The first kappa shape index (κ1) is 21.6. The molecule has 0 saturated carbocycles. The Labute approximate surface area is 179 Å². The molecule has 0 spiro atoms. The molecule has 0 aliphatic rings. The molecule has 5 nitrogen and oxygen atoms in total. The van der Waals surface area contributed by atoms with Crippen molar-refractivity contribution in [1.29, 1.82) is 0 Å².